The summed E-state index contributed by atoms with van der Waals surface area (Å²) in [5.74, 6) is -1.59. The van der Waals surface area contributed by atoms with E-state index >= 15 is 0 Å². The first-order chi connectivity index (χ1) is 33.0. The van der Waals surface area contributed by atoms with Gasteiger partial charge in [-0.3, -0.25) is 29.2 Å². The molecule has 3 aromatic heterocycles. The zero-order chi connectivity index (χ0) is 49.4. The third-order valence-corrected chi connectivity index (χ3v) is 15.4. The second kappa shape index (κ2) is 25.5. The summed E-state index contributed by atoms with van der Waals surface area (Å²) in [7, 11) is 3.34. The Morgan fingerprint density at radius 1 is 1.04 bits per heavy atom. The number of hydrogen-bond donors (Lipinski definition) is 2. The van der Waals surface area contributed by atoms with E-state index in [0.29, 0.717) is 63.5 Å². The number of likely N-dealkylation sites (tertiary alicyclic amines) is 2. The molecule has 1 spiro atoms. The Balaban J connectivity index is 0.00000289. The van der Waals surface area contributed by atoms with Crippen molar-refractivity contribution in [2.24, 2.45) is 16.7 Å². The Hall–Kier alpha value is -4.25. The lowest BCUT2D eigenvalue weighted by atomic mass is 9.72. The fourth-order valence-electron chi connectivity index (χ4n) is 10.7. The number of pyridine rings is 1. The minimum absolute atomic E-state index is 0. The van der Waals surface area contributed by atoms with Crippen molar-refractivity contribution < 1.29 is 33.4 Å². The number of cyclic esters (lactones) is 1. The first-order valence-electron chi connectivity index (χ1n) is 24.5. The summed E-state index contributed by atoms with van der Waals surface area (Å²) in [6.07, 6.45) is 8.11. The van der Waals surface area contributed by atoms with Crippen molar-refractivity contribution in [1.82, 2.24) is 45.0 Å². The fraction of sp³-hybridized carbons (Fsp3) is 0.558. The van der Waals surface area contributed by atoms with Gasteiger partial charge in [0.15, 0.2) is 0 Å². The maximum absolute atomic E-state index is 14.7. The number of carbonyl (C=O) groups excluding carboxylic acids is 5. The molecule has 3 saturated heterocycles. The quantitative estimate of drug-likeness (QED) is 0.129. The normalized spacial score (nSPS) is 20.3. The SMILES string of the molecule is C/C=C/C(=O)N1CC2(CCN(C(=O)N(C)[C@H](C(=O)N[C@H]3Cc4nc(cs4)-c4ccc5c(c4)c(c(-c4cccnc4[C@H](C)OC)n5CC)CC(C)(C)COC(=O)[C@@H]4CCCN(N4)C3=O)C(C)C)CC2)C1.S.S.S.S. The monoisotopic (exact) mass is 1100 g/mol. The maximum atomic E-state index is 14.7. The van der Waals surface area contributed by atoms with Crippen LogP contribution in [-0.4, -0.2) is 136 Å². The van der Waals surface area contributed by atoms with Crippen molar-refractivity contribution in [3.63, 3.8) is 0 Å². The highest BCUT2D eigenvalue weighted by molar-refractivity contribution is 7.59. The van der Waals surface area contributed by atoms with E-state index in [9.17, 15) is 24.0 Å². The summed E-state index contributed by atoms with van der Waals surface area (Å²) >= 11 is 1.42. The Kier molecular flexibility index (Phi) is 21.4. The van der Waals surface area contributed by atoms with Gasteiger partial charge in [-0.2, -0.15) is 54.0 Å². The molecule has 0 saturated carbocycles. The summed E-state index contributed by atoms with van der Waals surface area (Å²) in [4.78, 5) is 84.8. The largest absolute Gasteiger partial charge is 0.464 e. The third-order valence-electron chi connectivity index (χ3n) is 14.5. The van der Waals surface area contributed by atoms with Gasteiger partial charge < -0.3 is 34.1 Å². The number of thiazole rings is 1. The number of methoxy groups -OCH3 is 1. The number of likely N-dealkylation sites (N-methyl/N-ethyl adjacent to an activating group) is 1. The van der Waals surface area contributed by atoms with Crippen LogP contribution in [0.4, 0.5) is 4.79 Å². The molecule has 73 heavy (non-hydrogen) atoms. The Labute approximate surface area is 462 Å². The minimum Gasteiger partial charge on any atom is -0.464 e. The van der Waals surface area contributed by atoms with Crippen LogP contribution in [0.25, 0.3) is 33.4 Å². The van der Waals surface area contributed by atoms with Crippen LogP contribution in [0.2, 0.25) is 0 Å². The number of urea groups is 1. The number of amides is 5. The Morgan fingerprint density at radius 2 is 1.75 bits per heavy atom. The number of esters is 1. The van der Waals surface area contributed by atoms with Crippen molar-refractivity contribution in [2.45, 2.75) is 118 Å². The third kappa shape index (κ3) is 12.9. The highest BCUT2D eigenvalue weighted by Crippen LogP contribution is 2.43. The smallest absolute Gasteiger partial charge is 0.324 e. The van der Waals surface area contributed by atoms with Crippen LogP contribution in [-0.2, 0) is 48.0 Å². The van der Waals surface area contributed by atoms with Crippen LogP contribution in [0, 0.1) is 16.7 Å². The van der Waals surface area contributed by atoms with Crippen LogP contribution in [0.15, 0.2) is 54.1 Å². The molecule has 6 bridgehead atoms. The molecule has 4 aliphatic heterocycles. The summed E-state index contributed by atoms with van der Waals surface area (Å²) in [6.45, 7) is 17.5. The van der Waals surface area contributed by atoms with E-state index < -0.39 is 41.3 Å². The van der Waals surface area contributed by atoms with E-state index in [1.54, 1.807) is 37.4 Å². The molecule has 4 atom stereocenters. The van der Waals surface area contributed by atoms with Gasteiger partial charge in [0.2, 0.25) is 11.8 Å². The van der Waals surface area contributed by atoms with Crippen molar-refractivity contribution >= 4 is 106 Å². The lowest BCUT2D eigenvalue weighted by Gasteiger charge is -2.54. The molecule has 0 radical (unpaired) electrons. The number of hydrazine groups is 1. The highest BCUT2D eigenvalue weighted by Gasteiger charge is 2.48. The molecule has 2 N–H and O–H groups in total. The number of aryl methyl sites for hydroxylation is 1. The van der Waals surface area contributed by atoms with Gasteiger partial charge in [-0.05, 0) is 94.7 Å². The van der Waals surface area contributed by atoms with Crippen LogP contribution in [0.1, 0.15) is 96.5 Å². The van der Waals surface area contributed by atoms with Gasteiger partial charge in [-0.1, -0.05) is 39.8 Å². The standard InChI is InChI=1S/C52H69N9O7S.4H2S/c1-10-14-43(62)59-29-52(30-59)19-23-58(24-20-52)50(66)57(8)45(32(3)4)47(63)55-39-26-42-54-40(28-69-42)34-17-18-41-36(25-34)37(46(60(41)11-2)35-15-12-21-53-44(35)33(5)67-9)27-51(6,7)31-68-49(65)38-16-13-22-61(56-38)48(39)64;;;;/h10,12,14-15,17-18,21,25,28,32-33,38-39,45,56H,11,13,16,19-20,22-24,26-27,29-31H2,1-9H3,(H,55,63);4*1H2/b14-10+;;;;/t33-,38-,39-,45-;;;;/m0..../s1. The average Bonchev–Trinajstić information content (AvgIpc) is 3.92. The van der Waals surface area contributed by atoms with E-state index in [-0.39, 0.29) is 96.4 Å². The fourth-order valence-corrected chi connectivity index (χ4v) is 11.6. The molecule has 16 nitrogen and oxygen atoms in total. The first-order valence-corrected chi connectivity index (χ1v) is 25.4. The van der Waals surface area contributed by atoms with E-state index in [1.165, 1.54) is 21.2 Å². The molecule has 5 amide bonds. The summed E-state index contributed by atoms with van der Waals surface area (Å²) in [6, 6.07) is 7.45. The van der Waals surface area contributed by atoms with Crippen molar-refractivity contribution in [3.05, 3.63) is 70.3 Å². The van der Waals surface area contributed by atoms with Crippen LogP contribution >= 0.6 is 65.3 Å². The summed E-state index contributed by atoms with van der Waals surface area (Å²) in [5.41, 5.74) is 9.33. The lowest BCUT2D eigenvalue weighted by molar-refractivity contribution is -0.155. The molecule has 21 heteroatoms. The predicted octanol–water partition coefficient (Wildman–Crippen LogP) is 7.23. The second-order valence-corrected chi connectivity index (χ2v) is 21.5. The molecule has 402 valence electrons. The lowest BCUT2D eigenvalue weighted by Crippen LogP contribution is -2.64. The number of allylic oxidation sites excluding steroid dienone is 1. The van der Waals surface area contributed by atoms with Gasteiger partial charge in [0.25, 0.3) is 5.91 Å². The second-order valence-electron chi connectivity index (χ2n) is 20.5. The van der Waals surface area contributed by atoms with Gasteiger partial charge in [0.1, 0.15) is 18.1 Å². The number of rotatable bonds is 9. The Morgan fingerprint density at radius 3 is 2.41 bits per heavy atom. The van der Waals surface area contributed by atoms with Crippen molar-refractivity contribution in [1.29, 1.82) is 0 Å². The van der Waals surface area contributed by atoms with Crippen molar-refractivity contribution in [2.75, 3.05) is 53.5 Å². The molecule has 0 aliphatic carbocycles. The van der Waals surface area contributed by atoms with E-state index in [0.717, 1.165) is 57.5 Å². The van der Waals surface area contributed by atoms with Gasteiger partial charge in [-0.15, -0.1) is 11.3 Å². The molecular weight excluding hydrogens is 1020 g/mol. The van der Waals surface area contributed by atoms with Crippen LogP contribution < -0.4 is 10.7 Å². The predicted molar refractivity (Wildman–Crippen MR) is 307 cm³/mol. The number of nitrogens with one attached hydrogen (secondary N) is 2. The van der Waals surface area contributed by atoms with Crippen LogP contribution in [0.5, 0.6) is 0 Å². The molecule has 4 aliphatic rings. The van der Waals surface area contributed by atoms with Crippen LogP contribution in [0.3, 0.4) is 0 Å². The molecule has 0 unspecified atom stereocenters. The minimum atomic E-state index is -1.07. The maximum Gasteiger partial charge on any atom is 0.324 e. The van der Waals surface area contributed by atoms with Gasteiger partial charge in [0, 0.05) is 104 Å². The Bertz CT molecular complexity index is 2620. The molecular formula is C52H77N9O7S5. The first kappa shape index (κ1) is 61.3. The molecule has 4 aromatic rings. The molecule has 7 heterocycles. The number of benzene rings is 1. The van der Waals surface area contributed by atoms with Crippen molar-refractivity contribution in [3.8, 4) is 22.5 Å². The van der Waals surface area contributed by atoms with Gasteiger partial charge in [0.05, 0.1) is 34.8 Å². The van der Waals surface area contributed by atoms with Gasteiger partial charge >= 0.3 is 12.0 Å². The number of hydrogen-bond acceptors (Lipinski definition) is 11. The summed E-state index contributed by atoms with van der Waals surface area (Å²) in [5, 5.41) is 8.19. The number of aromatic nitrogens is 3. The number of piperidine rings is 1. The zero-order valence-electron chi connectivity index (χ0n) is 43.7. The topological polar surface area (TPSA) is 172 Å². The average molecular weight is 1100 g/mol. The number of nitrogens with zero attached hydrogens (tertiary/aromatic N) is 7. The number of fused-ring (bicyclic) bond motifs is 6. The molecule has 3 fully saturated rings. The number of ether oxygens (including phenoxy) is 2. The number of carbonyl (C=O) groups is 5. The summed E-state index contributed by atoms with van der Waals surface area (Å²) < 4.78 is 14.3. The van der Waals surface area contributed by atoms with E-state index in [4.69, 9.17) is 19.4 Å². The van der Waals surface area contributed by atoms with Gasteiger partial charge in [-0.25, -0.2) is 15.2 Å². The zero-order valence-corrected chi connectivity index (χ0v) is 48.5. The highest BCUT2D eigenvalue weighted by atomic mass is 32.1. The van der Waals surface area contributed by atoms with E-state index in [1.807, 2.05) is 44.0 Å². The molecule has 1 aromatic carbocycles. The molecule has 8 rings (SSSR count). The van der Waals surface area contributed by atoms with E-state index in [2.05, 4.69) is 60.3 Å².